The largest absolute Gasteiger partial charge is 0.481 e. The molecule has 3 fully saturated rings. The number of hydrogen-bond acceptors (Lipinski definition) is 3. The molecule has 2 atom stereocenters. The Kier molecular flexibility index (Phi) is 4.36. The van der Waals surface area contributed by atoms with Crippen LogP contribution < -0.4 is 0 Å². The Balaban J connectivity index is 1.58. The second-order valence-electron chi connectivity index (χ2n) is 6.86. The van der Waals surface area contributed by atoms with Crippen molar-refractivity contribution in [2.75, 3.05) is 26.2 Å². The maximum atomic E-state index is 12.7. The van der Waals surface area contributed by atoms with Crippen molar-refractivity contribution in [3.05, 3.63) is 0 Å². The van der Waals surface area contributed by atoms with Crippen molar-refractivity contribution in [1.29, 1.82) is 0 Å². The third-order valence-electron chi connectivity index (χ3n) is 5.09. The van der Waals surface area contributed by atoms with E-state index in [0.717, 1.165) is 38.6 Å². The molecule has 3 rings (SSSR count). The van der Waals surface area contributed by atoms with Crippen LogP contribution in [0.15, 0.2) is 0 Å². The summed E-state index contributed by atoms with van der Waals surface area (Å²) in [6.45, 7) is 2.25. The Morgan fingerprint density at radius 1 is 0.727 bits per heavy atom. The van der Waals surface area contributed by atoms with Crippen molar-refractivity contribution in [3.8, 4) is 0 Å². The van der Waals surface area contributed by atoms with Gasteiger partial charge in [0.2, 0.25) is 11.8 Å². The van der Waals surface area contributed by atoms with E-state index >= 15 is 0 Å². The Hall–Kier alpha value is -1.59. The summed E-state index contributed by atoms with van der Waals surface area (Å²) in [7, 11) is 0. The second kappa shape index (κ2) is 6.26. The predicted molar refractivity (Wildman–Crippen MR) is 79.0 cm³/mol. The SMILES string of the molecule is O=C(O)C1CCCN(C(=O)C2CCCN(C(=O)C3CC3)C2)C1. The molecule has 122 valence electrons. The molecular formula is C16H24N2O4. The topological polar surface area (TPSA) is 77.9 Å². The zero-order chi connectivity index (χ0) is 15.7. The van der Waals surface area contributed by atoms with Gasteiger partial charge in [0.1, 0.15) is 0 Å². The number of likely N-dealkylation sites (tertiary alicyclic amines) is 2. The maximum absolute atomic E-state index is 12.7. The molecule has 2 heterocycles. The van der Waals surface area contributed by atoms with E-state index in [1.807, 2.05) is 4.90 Å². The molecule has 6 nitrogen and oxygen atoms in total. The highest BCUT2D eigenvalue weighted by Gasteiger charge is 2.38. The van der Waals surface area contributed by atoms with Crippen LogP contribution >= 0.6 is 0 Å². The van der Waals surface area contributed by atoms with Gasteiger partial charge >= 0.3 is 5.97 Å². The third kappa shape index (κ3) is 3.25. The van der Waals surface area contributed by atoms with Gasteiger partial charge in [0.05, 0.1) is 11.8 Å². The summed E-state index contributed by atoms with van der Waals surface area (Å²) in [6, 6.07) is 0. The molecule has 2 aliphatic heterocycles. The van der Waals surface area contributed by atoms with Crippen LogP contribution in [0.25, 0.3) is 0 Å². The highest BCUT2D eigenvalue weighted by Crippen LogP contribution is 2.33. The molecule has 0 spiro atoms. The van der Waals surface area contributed by atoms with Crippen LogP contribution in [0.1, 0.15) is 38.5 Å². The van der Waals surface area contributed by atoms with Crippen molar-refractivity contribution in [2.45, 2.75) is 38.5 Å². The number of piperidine rings is 2. The molecule has 0 aromatic heterocycles. The van der Waals surface area contributed by atoms with Gasteiger partial charge in [-0.3, -0.25) is 14.4 Å². The van der Waals surface area contributed by atoms with Crippen molar-refractivity contribution < 1.29 is 19.5 Å². The minimum Gasteiger partial charge on any atom is -0.481 e. The Bertz CT molecular complexity index is 475. The van der Waals surface area contributed by atoms with Crippen LogP contribution in [-0.4, -0.2) is 58.9 Å². The van der Waals surface area contributed by atoms with Gasteiger partial charge < -0.3 is 14.9 Å². The summed E-state index contributed by atoms with van der Waals surface area (Å²) in [5, 5.41) is 9.14. The van der Waals surface area contributed by atoms with E-state index in [1.54, 1.807) is 4.90 Å². The fourth-order valence-electron chi connectivity index (χ4n) is 3.60. The summed E-state index contributed by atoms with van der Waals surface area (Å²) in [5.74, 6) is -0.958. The summed E-state index contributed by atoms with van der Waals surface area (Å²) < 4.78 is 0. The summed E-state index contributed by atoms with van der Waals surface area (Å²) in [5.41, 5.74) is 0. The van der Waals surface area contributed by atoms with Crippen LogP contribution in [0.4, 0.5) is 0 Å². The van der Waals surface area contributed by atoms with Gasteiger partial charge in [-0.2, -0.15) is 0 Å². The van der Waals surface area contributed by atoms with Gasteiger partial charge in [0, 0.05) is 32.1 Å². The first-order valence-corrected chi connectivity index (χ1v) is 8.36. The van der Waals surface area contributed by atoms with E-state index in [9.17, 15) is 14.4 Å². The van der Waals surface area contributed by atoms with Crippen LogP contribution in [0.3, 0.4) is 0 Å². The Morgan fingerprint density at radius 3 is 1.77 bits per heavy atom. The molecule has 0 radical (unpaired) electrons. The fraction of sp³-hybridized carbons (Fsp3) is 0.812. The first-order chi connectivity index (χ1) is 10.6. The first-order valence-electron chi connectivity index (χ1n) is 8.36. The lowest BCUT2D eigenvalue weighted by atomic mass is 9.93. The average Bonchev–Trinajstić information content (AvgIpc) is 3.38. The average molecular weight is 308 g/mol. The lowest BCUT2D eigenvalue weighted by Crippen LogP contribution is -2.50. The van der Waals surface area contributed by atoms with Gasteiger partial charge in [-0.25, -0.2) is 0 Å². The highest BCUT2D eigenvalue weighted by atomic mass is 16.4. The van der Waals surface area contributed by atoms with Crippen LogP contribution in [0, 0.1) is 17.8 Å². The number of carboxylic acid groups (broad SMARTS) is 1. The van der Waals surface area contributed by atoms with E-state index in [0.29, 0.717) is 26.1 Å². The zero-order valence-electron chi connectivity index (χ0n) is 12.9. The van der Waals surface area contributed by atoms with E-state index < -0.39 is 11.9 Å². The molecule has 2 saturated heterocycles. The van der Waals surface area contributed by atoms with E-state index in [-0.39, 0.29) is 23.7 Å². The van der Waals surface area contributed by atoms with Crippen LogP contribution in [0.5, 0.6) is 0 Å². The second-order valence-corrected chi connectivity index (χ2v) is 6.86. The molecule has 2 unspecified atom stereocenters. The molecule has 0 aromatic rings. The molecule has 1 saturated carbocycles. The Morgan fingerprint density at radius 2 is 1.23 bits per heavy atom. The molecule has 0 aromatic carbocycles. The lowest BCUT2D eigenvalue weighted by molar-refractivity contribution is -0.147. The van der Waals surface area contributed by atoms with Gasteiger partial charge in [-0.05, 0) is 38.5 Å². The molecular weight excluding hydrogens is 284 g/mol. The standard InChI is InChI=1S/C16H24N2O4/c19-14(11-5-6-11)17-7-1-3-12(9-17)15(20)18-8-2-4-13(10-18)16(21)22/h11-13H,1-10H2,(H,21,22). The summed E-state index contributed by atoms with van der Waals surface area (Å²) in [4.78, 5) is 39.5. The van der Waals surface area contributed by atoms with Crippen molar-refractivity contribution in [1.82, 2.24) is 9.80 Å². The molecule has 3 aliphatic rings. The fourth-order valence-corrected chi connectivity index (χ4v) is 3.60. The van der Waals surface area contributed by atoms with E-state index in [4.69, 9.17) is 5.11 Å². The number of carboxylic acids is 1. The monoisotopic (exact) mass is 308 g/mol. The van der Waals surface area contributed by atoms with Crippen molar-refractivity contribution >= 4 is 17.8 Å². The normalized spacial score (nSPS) is 29.3. The summed E-state index contributed by atoms with van der Waals surface area (Å²) in [6.07, 6.45) is 5.05. The number of aliphatic carboxylic acids is 1. The van der Waals surface area contributed by atoms with Crippen molar-refractivity contribution in [2.24, 2.45) is 17.8 Å². The van der Waals surface area contributed by atoms with Gasteiger partial charge in [-0.1, -0.05) is 0 Å². The molecule has 0 bridgehead atoms. The molecule has 6 heteroatoms. The van der Waals surface area contributed by atoms with E-state index in [2.05, 4.69) is 0 Å². The maximum Gasteiger partial charge on any atom is 0.308 e. The lowest BCUT2D eigenvalue weighted by Gasteiger charge is -2.37. The van der Waals surface area contributed by atoms with E-state index in [1.165, 1.54) is 0 Å². The van der Waals surface area contributed by atoms with Gasteiger partial charge in [0.25, 0.3) is 0 Å². The quantitative estimate of drug-likeness (QED) is 0.842. The molecule has 1 N–H and O–H groups in total. The number of hydrogen-bond donors (Lipinski definition) is 1. The molecule has 1 aliphatic carbocycles. The highest BCUT2D eigenvalue weighted by molar-refractivity contribution is 5.84. The van der Waals surface area contributed by atoms with Crippen LogP contribution in [-0.2, 0) is 14.4 Å². The third-order valence-corrected chi connectivity index (χ3v) is 5.09. The zero-order valence-corrected chi connectivity index (χ0v) is 12.9. The predicted octanol–water partition coefficient (Wildman–Crippen LogP) is 0.958. The van der Waals surface area contributed by atoms with Crippen molar-refractivity contribution in [3.63, 3.8) is 0 Å². The first kappa shape index (κ1) is 15.3. The smallest absolute Gasteiger partial charge is 0.308 e. The number of rotatable bonds is 3. The number of nitrogens with zero attached hydrogens (tertiary/aromatic N) is 2. The minimum absolute atomic E-state index is 0.0410. The minimum atomic E-state index is -0.813. The number of amides is 2. The van der Waals surface area contributed by atoms with Gasteiger partial charge in [-0.15, -0.1) is 0 Å². The van der Waals surface area contributed by atoms with Crippen LogP contribution in [0.2, 0.25) is 0 Å². The number of carbonyl (C=O) groups excluding carboxylic acids is 2. The molecule has 22 heavy (non-hydrogen) atoms. The van der Waals surface area contributed by atoms with Gasteiger partial charge in [0.15, 0.2) is 0 Å². The molecule has 2 amide bonds. The summed E-state index contributed by atoms with van der Waals surface area (Å²) >= 11 is 0. The number of carbonyl (C=O) groups is 3. The Labute approximate surface area is 130 Å².